The van der Waals surface area contributed by atoms with Crippen molar-refractivity contribution in [2.75, 3.05) is 13.1 Å². The summed E-state index contributed by atoms with van der Waals surface area (Å²) in [6.45, 7) is 3.51. The van der Waals surface area contributed by atoms with Crippen LogP contribution in [0.25, 0.3) is 17.2 Å². The molecule has 0 atom stereocenters. The van der Waals surface area contributed by atoms with Gasteiger partial charge in [-0.3, -0.25) is 4.79 Å². The van der Waals surface area contributed by atoms with Gasteiger partial charge in [0.25, 0.3) is 0 Å². The Bertz CT molecular complexity index is 847. The number of likely N-dealkylation sites (tertiary alicyclic amines) is 1. The molecular weight excluding hydrogens is 294 g/mol. The van der Waals surface area contributed by atoms with E-state index in [2.05, 4.69) is 15.1 Å². The predicted octanol–water partition coefficient (Wildman–Crippen LogP) is 1.86. The van der Waals surface area contributed by atoms with Gasteiger partial charge in [0.05, 0.1) is 18.4 Å². The van der Waals surface area contributed by atoms with Gasteiger partial charge in [-0.1, -0.05) is 0 Å². The lowest BCUT2D eigenvalue weighted by Gasteiger charge is -2.15. The highest BCUT2D eigenvalue weighted by Crippen LogP contribution is 2.20. The number of rotatable bonds is 3. The standard InChI is InChI=1S/C16H17N5O2/c1-11-17-14-9-12(10-15(22)20-6-2-3-7-20)18-16(21(14)19-11)13-5-4-8-23-13/h4-5,8-9H,2-3,6-7,10H2,1H3. The van der Waals surface area contributed by atoms with Gasteiger partial charge < -0.3 is 9.32 Å². The molecule has 23 heavy (non-hydrogen) atoms. The maximum absolute atomic E-state index is 12.4. The molecule has 1 aliphatic rings. The van der Waals surface area contributed by atoms with Crippen LogP contribution in [-0.2, 0) is 11.2 Å². The third-order valence-electron chi connectivity index (χ3n) is 4.02. The first-order valence-electron chi connectivity index (χ1n) is 7.76. The summed E-state index contributed by atoms with van der Waals surface area (Å²) in [4.78, 5) is 23.3. The average molecular weight is 311 g/mol. The van der Waals surface area contributed by atoms with E-state index in [0.29, 0.717) is 28.8 Å². The summed E-state index contributed by atoms with van der Waals surface area (Å²) < 4.78 is 7.10. The topological polar surface area (TPSA) is 76.5 Å². The Labute approximate surface area is 132 Å². The van der Waals surface area contributed by atoms with Gasteiger partial charge in [-0.2, -0.15) is 4.52 Å². The third-order valence-corrected chi connectivity index (χ3v) is 4.02. The smallest absolute Gasteiger partial charge is 0.228 e. The van der Waals surface area contributed by atoms with Crippen LogP contribution in [0.3, 0.4) is 0 Å². The van der Waals surface area contributed by atoms with Crippen LogP contribution in [0, 0.1) is 6.92 Å². The molecule has 0 saturated carbocycles. The maximum Gasteiger partial charge on any atom is 0.228 e. The van der Waals surface area contributed by atoms with Crippen molar-refractivity contribution >= 4 is 11.6 Å². The molecule has 4 heterocycles. The second kappa shape index (κ2) is 5.49. The maximum atomic E-state index is 12.4. The molecule has 118 valence electrons. The second-order valence-electron chi connectivity index (χ2n) is 5.74. The number of hydrogen-bond acceptors (Lipinski definition) is 5. The second-order valence-corrected chi connectivity index (χ2v) is 5.74. The van der Waals surface area contributed by atoms with Gasteiger partial charge >= 0.3 is 0 Å². The summed E-state index contributed by atoms with van der Waals surface area (Å²) >= 11 is 0. The summed E-state index contributed by atoms with van der Waals surface area (Å²) in [5, 5.41) is 4.35. The molecule has 0 aliphatic carbocycles. The Morgan fingerprint density at radius 2 is 2.13 bits per heavy atom. The molecule has 0 N–H and O–H groups in total. The quantitative estimate of drug-likeness (QED) is 0.738. The Balaban J connectivity index is 1.74. The number of amides is 1. The van der Waals surface area contributed by atoms with E-state index in [1.165, 1.54) is 0 Å². The predicted molar refractivity (Wildman–Crippen MR) is 82.7 cm³/mol. The van der Waals surface area contributed by atoms with Crippen molar-refractivity contribution in [2.24, 2.45) is 0 Å². The Morgan fingerprint density at radius 1 is 1.30 bits per heavy atom. The normalized spacial score (nSPS) is 14.7. The molecule has 7 heteroatoms. The summed E-state index contributed by atoms with van der Waals surface area (Å²) in [5.41, 5.74) is 1.36. The van der Waals surface area contributed by atoms with Crippen LogP contribution in [0.4, 0.5) is 0 Å². The van der Waals surface area contributed by atoms with Crippen LogP contribution in [0.5, 0.6) is 0 Å². The highest BCUT2D eigenvalue weighted by atomic mass is 16.3. The fraction of sp³-hybridized carbons (Fsp3) is 0.375. The van der Waals surface area contributed by atoms with Crippen LogP contribution >= 0.6 is 0 Å². The van der Waals surface area contributed by atoms with E-state index in [4.69, 9.17) is 4.42 Å². The van der Waals surface area contributed by atoms with Crippen molar-refractivity contribution in [1.82, 2.24) is 24.5 Å². The lowest BCUT2D eigenvalue weighted by Crippen LogP contribution is -2.29. The molecule has 1 aliphatic heterocycles. The number of furan rings is 1. The van der Waals surface area contributed by atoms with Crippen LogP contribution in [0.1, 0.15) is 24.4 Å². The largest absolute Gasteiger partial charge is 0.461 e. The zero-order chi connectivity index (χ0) is 15.8. The third kappa shape index (κ3) is 2.58. The SMILES string of the molecule is Cc1nc2cc(CC(=O)N3CCCC3)nc(-c3ccco3)n2n1. The van der Waals surface area contributed by atoms with Crippen LogP contribution in [-0.4, -0.2) is 43.5 Å². The van der Waals surface area contributed by atoms with Crippen LogP contribution in [0.15, 0.2) is 28.9 Å². The number of fused-ring (bicyclic) bond motifs is 1. The summed E-state index contributed by atoms with van der Waals surface area (Å²) in [7, 11) is 0. The molecule has 0 radical (unpaired) electrons. The average Bonchev–Trinajstić information content (AvgIpc) is 3.27. The molecule has 0 spiro atoms. The molecule has 7 nitrogen and oxygen atoms in total. The van der Waals surface area contributed by atoms with E-state index in [-0.39, 0.29) is 12.3 Å². The molecule has 0 aromatic carbocycles. The van der Waals surface area contributed by atoms with Crippen LogP contribution in [0.2, 0.25) is 0 Å². The molecule has 1 saturated heterocycles. The van der Waals surface area contributed by atoms with Gasteiger partial charge in [-0.05, 0) is 31.9 Å². The lowest BCUT2D eigenvalue weighted by atomic mass is 10.2. The van der Waals surface area contributed by atoms with Crippen molar-refractivity contribution in [3.8, 4) is 11.6 Å². The number of carbonyl (C=O) groups is 1. The summed E-state index contributed by atoms with van der Waals surface area (Å²) in [6.07, 6.45) is 4.03. The Kier molecular flexibility index (Phi) is 3.33. The first kappa shape index (κ1) is 13.9. The van der Waals surface area contributed by atoms with Crippen molar-refractivity contribution < 1.29 is 9.21 Å². The zero-order valence-electron chi connectivity index (χ0n) is 12.9. The Morgan fingerprint density at radius 3 is 2.87 bits per heavy atom. The first-order valence-corrected chi connectivity index (χ1v) is 7.76. The van der Waals surface area contributed by atoms with Gasteiger partial charge in [-0.25, -0.2) is 9.97 Å². The van der Waals surface area contributed by atoms with Crippen LogP contribution < -0.4 is 0 Å². The van der Waals surface area contributed by atoms with Crippen molar-refractivity contribution in [2.45, 2.75) is 26.2 Å². The molecule has 3 aromatic rings. The summed E-state index contributed by atoms with van der Waals surface area (Å²) in [6, 6.07) is 5.44. The summed E-state index contributed by atoms with van der Waals surface area (Å²) in [5.74, 6) is 1.94. The fourth-order valence-electron chi connectivity index (χ4n) is 2.93. The molecule has 1 fully saturated rings. The van der Waals surface area contributed by atoms with E-state index >= 15 is 0 Å². The number of aryl methyl sites for hydroxylation is 1. The van der Waals surface area contributed by atoms with E-state index in [0.717, 1.165) is 25.9 Å². The number of hydrogen-bond donors (Lipinski definition) is 0. The molecule has 1 amide bonds. The number of aromatic nitrogens is 4. The highest BCUT2D eigenvalue weighted by Gasteiger charge is 2.20. The number of carbonyl (C=O) groups excluding carboxylic acids is 1. The van der Waals surface area contributed by atoms with Crippen molar-refractivity contribution in [3.63, 3.8) is 0 Å². The van der Waals surface area contributed by atoms with Gasteiger partial charge in [0.1, 0.15) is 5.82 Å². The molecular formula is C16H17N5O2. The molecule has 0 unspecified atom stereocenters. The monoisotopic (exact) mass is 311 g/mol. The van der Waals surface area contributed by atoms with Gasteiger partial charge in [0, 0.05) is 19.2 Å². The van der Waals surface area contributed by atoms with E-state index in [1.807, 2.05) is 24.0 Å². The van der Waals surface area contributed by atoms with Crippen molar-refractivity contribution in [1.29, 1.82) is 0 Å². The molecule has 3 aromatic heterocycles. The minimum atomic E-state index is 0.112. The molecule has 4 rings (SSSR count). The van der Waals surface area contributed by atoms with Crippen molar-refractivity contribution in [3.05, 3.63) is 36.0 Å². The van der Waals surface area contributed by atoms with E-state index in [1.54, 1.807) is 16.8 Å². The Hall–Kier alpha value is -2.70. The minimum Gasteiger partial charge on any atom is -0.461 e. The van der Waals surface area contributed by atoms with Gasteiger partial charge in [0.15, 0.2) is 17.2 Å². The highest BCUT2D eigenvalue weighted by molar-refractivity contribution is 5.79. The minimum absolute atomic E-state index is 0.112. The molecule has 0 bridgehead atoms. The van der Waals surface area contributed by atoms with Gasteiger partial charge in [-0.15, -0.1) is 5.10 Å². The number of nitrogens with zero attached hydrogens (tertiary/aromatic N) is 5. The van der Waals surface area contributed by atoms with Gasteiger partial charge in [0.2, 0.25) is 5.91 Å². The lowest BCUT2D eigenvalue weighted by molar-refractivity contribution is -0.129. The van der Waals surface area contributed by atoms with E-state index < -0.39 is 0 Å². The van der Waals surface area contributed by atoms with E-state index in [9.17, 15) is 4.79 Å². The fourth-order valence-corrected chi connectivity index (χ4v) is 2.93. The first-order chi connectivity index (χ1) is 11.2. The zero-order valence-corrected chi connectivity index (χ0v) is 12.9.